The predicted octanol–water partition coefficient (Wildman–Crippen LogP) is 2.25. The van der Waals surface area contributed by atoms with Crippen LogP contribution in [-0.4, -0.2) is 6.61 Å². The van der Waals surface area contributed by atoms with Gasteiger partial charge in [0, 0.05) is 6.42 Å². The molecule has 0 bridgehead atoms. The molecule has 1 unspecified atom stereocenters. The highest BCUT2D eigenvalue weighted by atomic mass is 17.2. The lowest BCUT2D eigenvalue weighted by atomic mass is 9.94. The van der Waals surface area contributed by atoms with E-state index in [2.05, 4.69) is 19.1 Å². The van der Waals surface area contributed by atoms with Gasteiger partial charge in [-0.25, -0.2) is 9.78 Å². The second-order valence-corrected chi connectivity index (χ2v) is 3.25. The van der Waals surface area contributed by atoms with Crippen molar-refractivity contribution in [2.75, 3.05) is 6.61 Å². The van der Waals surface area contributed by atoms with Gasteiger partial charge in [-0.3, -0.25) is 0 Å². The van der Waals surface area contributed by atoms with Gasteiger partial charge in [0.05, 0.1) is 6.61 Å². The molecule has 2 nitrogen and oxygen atoms in total. The Morgan fingerprint density at radius 2 is 2.00 bits per heavy atom. The second-order valence-electron chi connectivity index (χ2n) is 3.25. The minimum Gasteiger partial charge on any atom is -0.236 e. The van der Waals surface area contributed by atoms with Crippen LogP contribution in [0.2, 0.25) is 0 Å². The largest absolute Gasteiger partial charge is 0.236 e. The monoisotopic (exact) mass is 164 g/mol. The number of hydrogen-bond acceptors (Lipinski definition) is 2. The molecule has 0 spiro atoms. The predicted molar refractivity (Wildman–Crippen MR) is 45.4 cm³/mol. The average Bonchev–Trinajstić information content (AvgIpc) is 2.55. The van der Waals surface area contributed by atoms with E-state index < -0.39 is 0 Å². The van der Waals surface area contributed by atoms with E-state index >= 15 is 0 Å². The Kier molecular flexibility index (Phi) is 1.87. The van der Waals surface area contributed by atoms with Gasteiger partial charge >= 0.3 is 0 Å². The van der Waals surface area contributed by atoms with Gasteiger partial charge in [-0.15, -0.1) is 0 Å². The van der Waals surface area contributed by atoms with Crippen LogP contribution in [0.25, 0.3) is 0 Å². The highest BCUT2D eigenvalue weighted by Crippen LogP contribution is 2.33. The maximum absolute atomic E-state index is 5.23. The summed E-state index contributed by atoms with van der Waals surface area (Å²) in [6.45, 7) is 2.74. The Balaban J connectivity index is 2.29. The third kappa shape index (κ3) is 1.24. The standard InChI is InChI=1S/C10H12O2/c1-10(7-8-11-12-10)9-5-3-2-4-6-9/h2-6H,7-8H2,1H3. The lowest BCUT2D eigenvalue weighted by molar-refractivity contribution is -0.308. The minimum atomic E-state index is -0.235. The zero-order chi connectivity index (χ0) is 8.44. The molecule has 0 aromatic heterocycles. The topological polar surface area (TPSA) is 18.5 Å². The van der Waals surface area contributed by atoms with Gasteiger partial charge < -0.3 is 0 Å². The van der Waals surface area contributed by atoms with E-state index in [-0.39, 0.29) is 5.60 Å². The molecule has 1 aromatic rings. The van der Waals surface area contributed by atoms with Crippen molar-refractivity contribution >= 4 is 0 Å². The van der Waals surface area contributed by atoms with Crippen molar-refractivity contribution < 1.29 is 9.78 Å². The maximum Gasteiger partial charge on any atom is 0.128 e. The van der Waals surface area contributed by atoms with E-state index in [0.717, 1.165) is 6.42 Å². The van der Waals surface area contributed by atoms with Crippen LogP contribution in [0.15, 0.2) is 30.3 Å². The zero-order valence-corrected chi connectivity index (χ0v) is 7.12. The quantitative estimate of drug-likeness (QED) is 0.593. The molecule has 1 atom stereocenters. The molecule has 0 radical (unpaired) electrons. The van der Waals surface area contributed by atoms with E-state index in [4.69, 9.17) is 9.78 Å². The van der Waals surface area contributed by atoms with Gasteiger partial charge in [0.1, 0.15) is 5.60 Å². The molecule has 0 N–H and O–H groups in total. The van der Waals surface area contributed by atoms with Crippen molar-refractivity contribution in [1.29, 1.82) is 0 Å². The van der Waals surface area contributed by atoms with Gasteiger partial charge in [0.2, 0.25) is 0 Å². The molecule has 1 saturated heterocycles. The highest BCUT2D eigenvalue weighted by Gasteiger charge is 2.33. The van der Waals surface area contributed by atoms with E-state index in [1.54, 1.807) is 0 Å². The fourth-order valence-electron chi connectivity index (χ4n) is 1.43. The number of rotatable bonds is 1. The SMILES string of the molecule is CC1(c2ccccc2)CCOO1. The summed E-state index contributed by atoms with van der Waals surface area (Å²) in [4.78, 5) is 10.1. The Hall–Kier alpha value is -0.860. The number of hydrogen-bond donors (Lipinski definition) is 0. The highest BCUT2D eigenvalue weighted by molar-refractivity contribution is 5.21. The Morgan fingerprint density at radius 1 is 1.25 bits per heavy atom. The summed E-state index contributed by atoms with van der Waals surface area (Å²) in [5.41, 5.74) is 0.948. The average molecular weight is 164 g/mol. The summed E-state index contributed by atoms with van der Waals surface area (Å²) in [6.07, 6.45) is 0.928. The summed E-state index contributed by atoms with van der Waals surface area (Å²) < 4.78 is 0. The summed E-state index contributed by atoms with van der Waals surface area (Å²) in [6, 6.07) is 10.2. The molecule has 12 heavy (non-hydrogen) atoms. The first kappa shape index (κ1) is 7.77. The molecule has 1 aliphatic rings. The summed E-state index contributed by atoms with van der Waals surface area (Å²) >= 11 is 0. The molecule has 1 aliphatic heterocycles. The van der Waals surface area contributed by atoms with Crippen molar-refractivity contribution in [3.63, 3.8) is 0 Å². The first-order valence-electron chi connectivity index (χ1n) is 4.17. The summed E-state index contributed by atoms with van der Waals surface area (Å²) in [7, 11) is 0. The molecular weight excluding hydrogens is 152 g/mol. The van der Waals surface area contributed by atoms with Gasteiger partial charge in [-0.05, 0) is 12.5 Å². The lowest BCUT2D eigenvalue weighted by Gasteiger charge is -2.19. The van der Waals surface area contributed by atoms with Crippen LogP contribution in [0.5, 0.6) is 0 Å². The van der Waals surface area contributed by atoms with Crippen molar-refractivity contribution in [2.45, 2.75) is 18.9 Å². The van der Waals surface area contributed by atoms with Crippen LogP contribution >= 0.6 is 0 Å². The van der Waals surface area contributed by atoms with E-state index in [0.29, 0.717) is 6.61 Å². The van der Waals surface area contributed by atoms with E-state index in [1.165, 1.54) is 5.56 Å². The second kappa shape index (κ2) is 2.88. The Bertz CT molecular complexity index is 250. The fraction of sp³-hybridized carbons (Fsp3) is 0.400. The molecule has 0 aliphatic carbocycles. The minimum absolute atomic E-state index is 0.235. The van der Waals surface area contributed by atoms with Crippen LogP contribution in [-0.2, 0) is 15.4 Å². The fourth-order valence-corrected chi connectivity index (χ4v) is 1.43. The van der Waals surface area contributed by atoms with E-state index in [9.17, 15) is 0 Å². The smallest absolute Gasteiger partial charge is 0.128 e. The Morgan fingerprint density at radius 3 is 2.58 bits per heavy atom. The van der Waals surface area contributed by atoms with Crippen molar-refractivity contribution in [3.05, 3.63) is 35.9 Å². The molecule has 64 valence electrons. The first-order chi connectivity index (χ1) is 5.81. The molecule has 1 heterocycles. The molecule has 1 aromatic carbocycles. The molecule has 0 amide bonds. The van der Waals surface area contributed by atoms with Crippen molar-refractivity contribution in [3.8, 4) is 0 Å². The third-order valence-corrected chi connectivity index (χ3v) is 2.29. The Labute approximate surface area is 72.0 Å². The van der Waals surface area contributed by atoms with E-state index in [1.807, 2.05) is 18.2 Å². The van der Waals surface area contributed by atoms with Gasteiger partial charge in [0.15, 0.2) is 0 Å². The van der Waals surface area contributed by atoms with Crippen molar-refractivity contribution in [2.24, 2.45) is 0 Å². The molecule has 0 saturated carbocycles. The van der Waals surface area contributed by atoms with Gasteiger partial charge in [-0.1, -0.05) is 30.3 Å². The summed E-state index contributed by atoms with van der Waals surface area (Å²) in [5, 5.41) is 0. The molecule has 1 fully saturated rings. The van der Waals surface area contributed by atoms with Crippen LogP contribution in [0.4, 0.5) is 0 Å². The van der Waals surface area contributed by atoms with Crippen LogP contribution < -0.4 is 0 Å². The molecular formula is C10H12O2. The summed E-state index contributed by atoms with van der Waals surface area (Å²) in [5.74, 6) is 0. The van der Waals surface area contributed by atoms with Gasteiger partial charge in [0.25, 0.3) is 0 Å². The third-order valence-electron chi connectivity index (χ3n) is 2.29. The normalized spacial score (nSPS) is 29.1. The number of benzene rings is 1. The van der Waals surface area contributed by atoms with Crippen LogP contribution in [0.1, 0.15) is 18.9 Å². The van der Waals surface area contributed by atoms with Crippen molar-refractivity contribution in [1.82, 2.24) is 0 Å². The molecule has 2 heteroatoms. The van der Waals surface area contributed by atoms with Crippen LogP contribution in [0.3, 0.4) is 0 Å². The zero-order valence-electron chi connectivity index (χ0n) is 7.12. The van der Waals surface area contributed by atoms with Gasteiger partial charge in [-0.2, -0.15) is 0 Å². The maximum atomic E-state index is 5.23. The first-order valence-corrected chi connectivity index (χ1v) is 4.17. The molecule has 2 rings (SSSR count). The lowest BCUT2D eigenvalue weighted by Crippen LogP contribution is -2.19. The van der Waals surface area contributed by atoms with Crippen LogP contribution in [0, 0.1) is 0 Å².